The van der Waals surface area contributed by atoms with E-state index in [0.29, 0.717) is 30.9 Å². The number of aliphatic hydroxyl groups is 1. The summed E-state index contributed by atoms with van der Waals surface area (Å²) in [6, 6.07) is 10.3. The Bertz CT molecular complexity index is 1230. The number of nitrogens with zero attached hydrogens (tertiary/aromatic N) is 5. The summed E-state index contributed by atoms with van der Waals surface area (Å²) >= 11 is 0. The maximum Gasteiger partial charge on any atom is 0.243 e. The molecular formula is C31H42N6O5. The molecular weight excluding hydrogens is 536 g/mol. The summed E-state index contributed by atoms with van der Waals surface area (Å²) < 4.78 is 11.7. The number of aromatic nitrogens is 1. The summed E-state index contributed by atoms with van der Waals surface area (Å²) in [6.07, 6.45) is 5.04. The third kappa shape index (κ3) is 7.68. The van der Waals surface area contributed by atoms with E-state index in [0.717, 1.165) is 76.2 Å². The SMILES string of the molecule is CC(NC(=O)C1CCCN1C(=O)Cc1cc(N2CCC(OCCN3CCC(O)CC3)CC2)no1)c1ccc(C#N)cc1. The van der Waals surface area contributed by atoms with E-state index in [9.17, 15) is 14.7 Å². The molecule has 0 bridgehead atoms. The van der Waals surface area contributed by atoms with Gasteiger partial charge in [0.2, 0.25) is 11.8 Å². The van der Waals surface area contributed by atoms with E-state index in [1.807, 2.05) is 25.1 Å². The van der Waals surface area contributed by atoms with Crippen LogP contribution in [0.15, 0.2) is 34.9 Å². The highest BCUT2D eigenvalue weighted by atomic mass is 16.5. The van der Waals surface area contributed by atoms with Crippen molar-refractivity contribution in [1.29, 1.82) is 5.26 Å². The maximum atomic E-state index is 13.2. The second-order valence-electron chi connectivity index (χ2n) is 11.7. The Hall–Kier alpha value is -3.46. The van der Waals surface area contributed by atoms with Crippen molar-refractivity contribution in [2.24, 2.45) is 0 Å². The summed E-state index contributed by atoms with van der Waals surface area (Å²) in [5, 5.41) is 25.9. The number of rotatable bonds is 10. The summed E-state index contributed by atoms with van der Waals surface area (Å²) in [5.74, 6) is 0.916. The molecule has 5 rings (SSSR count). The second kappa shape index (κ2) is 14.1. The van der Waals surface area contributed by atoms with Gasteiger partial charge < -0.3 is 34.4 Å². The average Bonchev–Trinajstić information content (AvgIpc) is 3.69. The third-order valence-electron chi connectivity index (χ3n) is 8.73. The maximum absolute atomic E-state index is 13.2. The van der Waals surface area contributed by atoms with Crippen LogP contribution in [0.2, 0.25) is 0 Å². The first-order valence-corrected chi connectivity index (χ1v) is 15.2. The van der Waals surface area contributed by atoms with Gasteiger partial charge >= 0.3 is 0 Å². The Morgan fingerprint density at radius 1 is 1.12 bits per heavy atom. The number of hydrogen-bond donors (Lipinski definition) is 2. The van der Waals surface area contributed by atoms with Crippen molar-refractivity contribution in [2.45, 2.75) is 76.2 Å². The van der Waals surface area contributed by atoms with Crippen molar-refractivity contribution in [3.8, 4) is 6.07 Å². The number of benzene rings is 1. The van der Waals surface area contributed by atoms with E-state index in [2.05, 4.69) is 26.3 Å². The minimum Gasteiger partial charge on any atom is -0.393 e. The molecule has 0 radical (unpaired) electrons. The first-order chi connectivity index (χ1) is 20.4. The lowest BCUT2D eigenvalue weighted by Gasteiger charge is -2.33. The first-order valence-electron chi connectivity index (χ1n) is 15.2. The highest BCUT2D eigenvalue weighted by molar-refractivity contribution is 5.89. The number of nitrogens with one attached hydrogen (secondary N) is 1. The van der Waals surface area contributed by atoms with E-state index >= 15 is 0 Å². The number of aliphatic hydroxyl groups excluding tert-OH is 1. The lowest BCUT2D eigenvalue weighted by Crippen LogP contribution is -2.47. The number of ether oxygens (including phenoxy) is 1. The van der Waals surface area contributed by atoms with Crippen molar-refractivity contribution in [1.82, 2.24) is 20.3 Å². The Kier molecular flexibility index (Phi) is 10.1. The van der Waals surface area contributed by atoms with Gasteiger partial charge in [0.1, 0.15) is 11.8 Å². The molecule has 0 aliphatic carbocycles. The molecule has 226 valence electrons. The molecule has 2 aromatic rings. The molecule has 42 heavy (non-hydrogen) atoms. The van der Waals surface area contributed by atoms with E-state index in [1.54, 1.807) is 17.0 Å². The van der Waals surface area contributed by atoms with Crippen molar-refractivity contribution >= 4 is 17.6 Å². The standard InChI is InChI=1S/C31H42N6O5/c1-22(24-6-4-23(21-32)5-7-24)33-31(40)28-3-2-12-37(28)30(39)20-27-19-29(34-42-27)36-15-10-26(11-16-36)41-18-17-35-13-8-25(38)9-14-35/h4-7,19,22,25-26,28,38H,2-3,8-18,20H2,1H3,(H,33,40). The third-order valence-corrected chi connectivity index (χ3v) is 8.73. The zero-order valence-corrected chi connectivity index (χ0v) is 24.4. The molecule has 2 atom stereocenters. The van der Waals surface area contributed by atoms with Gasteiger partial charge in [0.25, 0.3) is 0 Å². The van der Waals surface area contributed by atoms with Crippen molar-refractivity contribution < 1.29 is 24.0 Å². The smallest absolute Gasteiger partial charge is 0.243 e. The normalized spacial score (nSPS) is 21.3. The van der Waals surface area contributed by atoms with E-state index < -0.39 is 6.04 Å². The molecule has 3 fully saturated rings. The number of carbonyl (C=O) groups is 2. The number of piperidine rings is 2. The monoisotopic (exact) mass is 578 g/mol. The molecule has 1 aromatic heterocycles. The summed E-state index contributed by atoms with van der Waals surface area (Å²) in [5.41, 5.74) is 1.47. The quantitative estimate of drug-likeness (QED) is 0.436. The van der Waals surface area contributed by atoms with Crippen LogP contribution in [0.5, 0.6) is 0 Å². The van der Waals surface area contributed by atoms with Gasteiger partial charge in [-0.05, 0) is 63.1 Å². The zero-order chi connectivity index (χ0) is 29.5. The van der Waals surface area contributed by atoms with Crippen molar-refractivity contribution in [3.63, 3.8) is 0 Å². The van der Waals surface area contributed by atoms with Gasteiger partial charge in [0.15, 0.2) is 5.82 Å². The molecule has 3 aliphatic heterocycles. The molecule has 11 nitrogen and oxygen atoms in total. The van der Waals surface area contributed by atoms with Crippen LogP contribution >= 0.6 is 0 Å². The van der Waals surface area contributed by atoms with Crippen LogP contribution in [-0.4, -0.2) is 96.0 Å². The van der Waals surface area contributed by atoms with E-state index in [1.165, 1.54) is 0 Å². The Labute approximate surface area is 247 Å². The van der Waals surface area contributed by atoms with Crippen LogP contribution in [0.1, 0.15) is 68.4 Å². The number of amides is 2. The Balaban J connectivity index is 1.05. The van der Waals surface area contributed by atoms with Crippen LogP contribution < -0.4 is 10.2 Å². The van der Waals surface area contributed by atoms with Gasteiger partial charge in [0, 0.05) is 45.3 Å². The second-order valence-corrected chi connectivity index (χ2v) is 11.7. The topological polar surface area (TPSA) is 135 Å². The molecule has 11 heteroatoms. The fraction of sp³-hybridized carbons (Fsp3) is 0.613. The van der Waals surface area contributed by atoms with Crippen molar-refractivity contribution in [2.75, 3.05) is 50.8 Å². The van der Waals surface area contributed by atoms with Crippen LogP contribution in [0.4, 0.5) is 5.82 Å². The molecule has 0 saturated carbocycles. The number of hydrogen-bond acceptors (Lipinski definition) is 9. The van der Waals surface area contributed by atoms with Gasteiger partial charge in [-0.1, -0.05) is 17.3 Å². The van der Waals surface area contributed by atoms with Gasteiger partial charge in [-0.15, -0.1) is 0 Å². The lowest BCUT2D eigenvalue weighted by molar-refractivity contribution is -0.138. The van der Waals surface area contributed by atoms with E-state index in [-0.39, 0.29) is 36.5 Å². The lowest BCUT2D eigenvalue weighted by atomic mass is 10.1. The number of anilines is 1. The average molecular weight is 579 g/mol. The van der Waals surface area contributed by atoms with Gasteiger partial charge in [-0.2, -0.15) is 5.26 Å². The van der Waals surface area contributed by atoms with Gasteiger partial charge in [-0.3, -0.25) is 9.59 Å². The molecule has 2 amide bonds. The molecule has 4 heterocycles. The van der Waals surface area contributed by atoms with Crippen LogP contribution in [0.3, 0.4) is 0 Å². The minimum absolute atomic E-state index is 0.0645. The molecule has 2 unspecified atom stereocenters. The molecule has 0 spiro atoms. The molecule has 1 aromatic carbocycles. The van der Waals surface area contributed by atoms with Gasteiger partial charge in [-0.25, -0.2) is 0 Å². The zero-order valence-electron chi connectivity index (χ0n) is 24.4. The molecule has 3 saturated heterocycles. The van der Waals surface area contributed by atoms with Gasteiger partial charge in [0.05, 0.1) is 42.9 Å². The highest BCUT2D eigenvalue weighted by Gasteiger charge is 2.35. The largest absolute Gasteiger partial charge is 0.393 e. The van der Waals surface area contributed by atoms with E-state index in [4.69, 9.17) is 14.5 Å². The van der Waals surface area contributed by atoms with Crippen molar-refractivity contribution in [3.05, 3.63) is 47.2 Å². The summed E-state index contributed by atoms with van der Waals surface area (Å²) in [6.45, 7) is 7.54. The fourth-order valence-corrected chi connectivity index (χ4v) is 6.11. The Morgan fingerprint density at radius 2 is 1.86 bits per heavy atom. The summed E-state index contributed by atoms with van der Waals surface area (Å²) in [7, 11) is 0. The summed E-state index contributed by atoms with van der Waals surface area (Å²) in [4.78, 5) is 32.5. The predicted molar refractivity (Wildman–Crippen MR) is 156 cm³/mol. The van der Waals surface area contributed by atoms with Crippen LogP contribution in [-0.2, 0) is 20.7 Å². The highest BCUT2D eigenvalue weighted by Crippen LogP contribution is 2.24. The number of carbonyl (C=O) groups excluding carboxylic acids is 2. The molecule has 3 aliphatic rings. The number of nitriles is 1. The van der Waals surface area contributed by atoms with Crippen LogP contribution in [0, 0.1) is 11.3 Å². The fourth-order valence-electron chi connectivity index (χ4n) is 6.11. The molecule has 2 N–H and O–H groups in total. The number of likely N-dealkylation sites (tertiary alicyclic amines) is 2. The predicted octanol–water partition coefficient (Wildman–Crippen LogP) is 2.40. The minimum atomic E-state index is -0.513. The Morgan fingerprint density at radius 3 is 2.57 bits per heavy atom. The first kappa shape index (κ1) is 30.0. The van der Waals surface area contributed by atoms with Crippen LogP contribution in [0.25, 0.3) is 0 Å².